The molecule has 3 aliphatic heterocycles. The lowest BCUT2D eigenvalue weighted by molar-refractivity contribution is -0.263. The monoisotopic (exact) mass is 434 g/mol. The molecule has 3 heteroatoms. The molecule has 7 aliphatic rings. The van der Waals surface area contributed by atoms with Crippen molar-refractivity contribution in [3.63, 3.8) is 0 Å². The first-order valence-corrected chi connectivity index (χ1v) is 13.8. The standard InChI is InChI=1S/C29H42N2O/c1-21-7-10-24-16-26-29-12-11-27(20-32-29,30-17-22-5-3-2-4-6-22)19-28(29,25(24)15-21)13-14-31(26)18-23-8-9-23/h7,10,15,22-23,26,30H,2-6,8-9,11-14,16-20H2,1H3/t26-,27?,28-,29-/m1/s1. The van der Waals surface area contributed by atoms with Crippen LogP contribution in [-0.2, 0) is 16.6 Å². The van der Waals surface area contributed by atoms with Gasteiger partial charge in [-0.2, -0.15) is 0 Å². The highest BCUT2D eigenvalue weighted by molar-refractivity contribution is 5.48. The molecule has 6 fully saturated rings. The minimum Gasteiger partial charge on any atom is -0.371 e. The van der Waals surface area contributed by atoms with E-state index in [0.29, 0.717) is 6.04 Å². The lowest BCUT2D eigenvalue weighted by atomic mass is 9.45. The molecule has 1 aromatic rings. The van der Waals surface area contributed by atoms with Gasteiger partial charge in [-0.3, -0.25) is 4.90 Å². The fourth-order valence-electron chi connectivity index (χ4n) is 8.83. The van der Waals surface area contributed by atoms with Crippen LogP contribution >= 0.6 is 0 Å². The molecular weight excluding hydrogens is 392 g/mol. The molecule has 0 aromatic heterocycles. The predicted octanol–water partition coefficient (Wildman–Crippen LogP) is 5.13. The zero-order valence-corrected chi connectivity index (χ0v) is 20.1. The number of benzene rings is 1. The van der Waals surface area contributed by atoms with Gasteiger partial charge in [-0.15, -0.1) is 0 Å². The number of nitrogens with zero attached hydrogens (tertiary/aromatic N) is 1. The Labute approximate surface area is 194 Å². The van der Waals surface area contributed by atoms with Gasteiger partial charge in [-0.05, 0) is 101 Å². The van der Waals surface area contributed by atoms with E-state index in [9.17, 15) is 0 Å². The summed E-state index contributed by atoms with van der Waals surface area (Å²) in [5.41, 5.74) is 5.19. The summed E-state index contributed by atoms with van der Waals surface area (Å²) >= 11 is 0. The highest BCUT2D eigenvalue weighted by atomic mass is 16.5. The molecule has 32 heavy (non-hydrogen) atoms. The van der Waals surface area contributed by atoms with E-state index >= 15 is 0 Å². The molecule has 3 saturated heterocycles. The van der Waals surface area contributed by atoms with Crippen LogP contribution in [0.4, 0.5) is 0 Å². The zero-order chi connectivity index (χ0) is 21.4. The summed E-state index contributed by atoms with van der Waals surface area (Å²) in [7, 11) is 0. The first-order valence-electron chi connectivity index (χ1n) is 13.8. The first kappa shape index (κ1) is 20.5. The van der Waals surface area contributed by atoms with Crippen molar-refractivity contribution in [3.8, 4) is 0 Å². The van der Waals surface area contributed by atoms with Crippen LogP contribution in [0.5, 0.6) is 0 Å². The summed E-state index contributed by atoms with van der Waals surface area (Å²) in [6.07, 6.45) is 16.5. The number of fused-ring (bicyclic) bond motifs is 3. The molecule has 1 aromatic carbocycles. The number of likely N-dealkylation sites (tertiary alicyclic amines) is 1. The Kier molecular flexibility index (Phi) is 4.67. The van der Waals surface area contributed by atoms with Crippen LogP contribution in [0.15, 0.2) is 18.2 Å². The predicted molar refractivity (Wildman–Crippen MR) is 129 cm³/mol. The van der Waals surface area contributed by atoms with Gasteiger partial charge in [0.1, 0.15) is 0 Å². The second-order valence-corrected chi connectivity index (χ2v) is 12.7. The third kappa shape index (κ3) is 2.96. The number of hydrogen-bond donors (Lipinski definition) is 1. The summed E-state index contributed by atoms with van der Waals surface area (Å²) in [6, 6.07) is 7.97. The lowest BCUT2D eigenvalue weighted by Crippen LogP contribution is -2.81. The molecule has 8 rings (SSSR count). The van der Waals surface area contributed by atoms with Gasteiger partial charge in [-0.1, -0.05) is 43.0 Å². The Hall–Kier alpha value is -0.900. The normalized spacial score (nSPS) is 41.3. The van der Waals surface area contributed by atoms with E-state index in [4.69, 9.17) is 4.74 Å². The van der Waals surface area contributed by atoms with Crippen LogP contribution < -0.4 is 5.32 Å². The number of ether oxygens (including phenoxy) is 1. The summed E-state index contributed by atoms with van der Waals surface area (Å²) in [5, 5.41) is 4.18. The van der Waals surface area contributed by atoms with Crippen LogP contribution in [0.1, 0.15) is 87.3 Å². The first-order chi connectivity index (χ1) is 15.6. The van der Waals surface area contributed by atoms with Gasteiger partial charge in [-0.25, -0.2) is 0 Å². The van der Waals surface area contributed by atoms with Crippen LogP contribution in [-0.4, -0.2) is 48.3 Å². The van der Waals surface area contributed by atoms with Crippen molar-refractivity contribution in [2.75, 3.05) is 26.2 Å². The maximum Gasteiger partial charge on any atom is 0.0938 e. The van der Waals surface area contributed by atoms with Crippen LogP contribution in [0.3, 0.4) is 0 Å². The van der Waals surface area contributed by atoms with Gasteiger partial charge >= 0.3 is 0 Å². The van der Waals surface area contributed by atoms with E-state index in [1.807, 2.05) is 0 Å². The highest BCUT2D eigenvalue weighted by Crippen LogP contribution is 2.64. The largest absolute Gasteiger partial charge is 0.371 e. The van der Waals surface area contributed by atoms with Crippen molar-refractivity contribution in [1.82, 2.24) is 10.2 Å². The average molecular weight is 435 g/mol. The van der Waals surface area contributed by atoms with Gasteiger partial charge in [0.2, 0.25) is 0 Å². The molecule has 4 aliphatic carbocycles. The number of hydrogen-bond acceptors (Lipinski definition) is 3. The SMILES string of the molecule is Cc1ccc2c(c1)[C@]13CCN(CC4CC4)[C@H](C2)[C@]12CCC(NCC1CCCCC1)(CO2)C3. The lowest BCUT2D eigenvalue weighted by Gasteiger charge is -2.72. The highest BCUT2D eigenvalue weighted by Gasteiger charge is 2.71. The van der Waals surface area contributed by atoms with Gasteiger partial charge < -0.3 is 10.1 Å². The molecule has 4 bridgehead atoms. The van der Waals surface area contributed by atoms with Crippen LogP contribution in [0.2, 0.25) is 0 Å². The number of aryl methyl sites for hydroxylation is 1. The quantitative estimate of drug-likeness (QED) is 0.695. The number of piperidine rings is 1. The van der Waals surface area contributed by atoms with Gasteiger partial charge in [0.25, 0.3) is 0 Å². The Bertz CT molecular complexity index is 877. The summed E-state index contributed by atoms with van der Waals surface area (Å²) in [6.45, 7) is 7.04. The second kappa shape index (κ2) is 7.30. The van der Waals surface area contributed by atoms with Crippen LogP contribution in [0, 0.1) is 18.8 Å². The topological polar surface area (TPSA) is 24.5 Å². The molecule has 1 unspecified atom stereocenters. The minimum atomic E-state index is 0.0508. The molecule has 3 heterocycles. The van der Waals surface area contributed by atoms with Crippen molar-refractivity contribution < 1.29 is 4.74 Å². The molecular formula is C29H42N2O. The average Bonchev–Trinajstić information content (AvgIpc) is 3.65. The maximum absolute atomic E-state index is 7.19. The van der Waals surface area contributed by atoms with Crippen molar-refractivity contribution in [1.29, 1.82) is 0 Å². The maximum atomic E-state index is 7.19. The molecule has 3 saturated carbocycles. The van der Waals surface area contributed by atoms with Crippen LogP contribution in [0.25, 0.3) is 0 Å². The fraction of sp³-hybridized carbons (Fsp3) is 0.793. The Balaban J connectivity index is 1.24. The Morgan fingerprint density at radius 3 is 2.69 bits per heavy atom. The summed E-state index contributed by atoms with van der Waals surface area (Å²) in [5.74, 6) is 1.85. The molecule has 1 spiro atoms. The van der Waals surface area contributed by atoms with Crippen molar-refractivity contribution >= 4 is 0 Å². The third-order valence-electron chi connectivity index (χ3n) is 10.7. The minimum absolute atomic E-state index is 0.0508. The molecule has 4 atom stereocenters. The van der Waals surface area contributed by atoms with Gasteiger partial charge in [0.05, 0.1) is 12.2 Å². The van der Waals surface area contributed by atoms with Gasteiger partial charge in [0, 0.05) is 23.5 Å². The second-order valence-electron chi connectivity index (χ2n) is 12.7. The number of rotatable bonds is 5. The van der Waals surface area contributed by atoms with E-state index < -0.39 is 0 Å². The fourth-order valence-corrected chi connectivity index (χ4v) is 8.83. The number of nitrogens with one attached hydrogen (secondary N) is 1. The van der Waals surface area contributed by atoms with E-state index in [2.05, 4.69) is 35.3 Å². The molecule has 0 radical (unpaired) electrons. The summed E-state index contributed by atoms with van der Waals surface area (Å²) < 4.78 is 7.19. The third-order valence-corrected chi connectivity index (χ3v) is 10.7. The zero-order valence-electron chi connectivity index (χ0n) is 20.1. The van der Waals surface area contributed by atoms with E-state index in [1.54, 1.807) is 11.1 Å². The van der Waals surface area contributed by atoms with Crippen molar-refractivity contribution in [2.45, 2.75) is 107 Å². The Morgan fingerprint density at radius 1 is 1.03 bits per heavy atom. The van der Waals surface area contributed by atoms with E-state index in [0.717, 1.165) is 18.4 Å². The molecule has 1 N–H and O–H groups in total. The summed E-state index contributed by atoms with van der Waals surface area (Å²) in [4.78, 5) is 2.88. The van der Waals surface area contributed by atoms with Crippen molar-refractivity contribution in [2.24, 2.45) is 11.8 Å². The van der Waals surface area contributed by atoms with E-state index in [1.165, 1.54) is 102 Å². The Morgan fingerprint density at radius 2 is 1.91 bits per heavy atom. The van der Waals surface area contributed by atoms with E-state index in [-0.39, 0.29) is 16.6 Å². The van der Waals surface area contributed by atoms with Gasteiger partial charge in [0.15, 0.2) is 0 Å². The molecule has 0 amide bonds. The molecule has 3 nitrogen and oxygen atoms in total. The molecule has 174 valence electrons. The smallest absolute Gasteiger partial charge is 0.0938 e. The van der Waals surface area contributed by atoms with Crippen molar-refractivity contribution in [3.05, 3.63) is 34.9 Å².